The molecule has 0 saturated carbocycles. The molecule has 0 aromatic rings. The van der Waals surface area contributed by atoms with Crippen LogP contribution in [0.4, 0.5) is 4.48 Å². The maximum absolute atomic E-state index is 14.8. The molecule has 174 valence electrons. The van der Waals surface area contributed by atoms with Crippen LogP contribution in [-0.4, -0.2) is 72.9 Å². The lowest BCUT2D eigenvalue weighted by Crippen LogP contribution is -2.37. The Morgan fingerprint density at radius 1 is 1.42 bits per heavy atom. The highest BCUT2D eigenvalue weighted by Crippen LogP contribution is 2.64. The minimum Gasteiger partial charge on any atom is -0.367 e. The summed E-state index contributed by atoms with van der Waals surface area (Å²) in [7, 11) is -1.60. The standard InChI is InChI=1S/C21H34FN4O4P/c1-7-17(11-23-8-2)19(13-25(22)15-28-31(27)29-21(4,5)30-31)16(3)26-10-9-18-12-24(6)14-20(18)26/h7,11,13,18,20H,3,8-10,12,14-15H2,1-2,4-6H3/b17-7+,19-13+,23-11-/t18-,20+/m1/s1. The fourth-order valence-corrected chi connectivity index (χ4v) is 5.82. The molecule has 3 aliphatic heterocycles. The zero-order chi connectivity index (χ0) is 22.8. The van der Waals surface area contributed by atoms with Gasteiger partial charge in [-0.15, -0.1) is 0 Å². The van der Waals surface area contributed by atoms with Gasteiger partial charge in [-0.1, -0.05) is 17.1 Å². The van der Waals surface area contributed by atoms with Gasteiger partial charge in [-0.05, 0) is 52.7 Å². The van der Waals surface area contributed by atoms with Gasteiger partial charge in [0, 0.05) is 55.9 Å². The molecule has 3 aliphatic rings. The molecule has 3 heterocycles. The molecule has 8 nitrogen and oxygen atoms in total. The van der Waals surface area contributed by atoms with Crippen LogP contribution in [0.25, 0.3) is 0 Å². The van der Waals surface area contributed by atoms with Crippen molar-refractivity contribution in [1.82, 2.24) is 14.9 Å². The van der Waals surface area contributed by atoms with E-state index in [0.717, 1.165) is 37.3 Å². The van der Waals surface area contributed by atoms with E-state index in [1.165, 1.54) is 6.20 Å². The molecule has 0 spiro atoms. The summed E-state index contributed by atoms with van der Waals surface area (Å²) in [5.74, 6) is -0.394. The lowest BCUT2D eigenvalue weighted by Gasteiger charge is -2.39. The van der Waals surface area contributed by atoms with E-state index in [1.54, 1.807) is 20.1 Å². The lowest BCUT2D eigenvalue weighted by atomic mass is 10.0. The zero-order valence-corrected chi connectivity index (χ0v) is 20.0. The molecule has 0 aromatic carbocycles. The van der Waals surface area contributed by atoms with Gasteiger partial charge < -0.3 is 9.80 Å². The van der Waals surface area contributed by atoms with E-state index in [4.69, 9.17) is 13.6 Å². The first-order valence-electron chi connectivity index (χ1n) is 10.7. The van der Waals surface area contributed by atoms with E-state index in [2.05, 4.69) is 28.4 Å². The Kier molecular flexibility index (Phi) is 7.43. The van der Waals surface area contributed by atoms with Crippen LogP contribution in [0.5, 0.6) is 0 Å². The summed E-state index contributed by atoms with van der Waals surface area (Å²) in [5.41, 5.74) is 2.10. The number of allylic oxidation sites excluding steroid dienone is 2. The van der Waals surface area contributed by atoms with Crippen molar-refractivity contribution in [2.75, 3.05) is 40.0 Å². The molecule has 0 bridgehead atoms. The number of rotatable bonds is 9. The minimum atomic E-state index is -3.72. The Morgan fingerprint density at radius 3 is 2.74 bits per heavy atom. The van der Waals surface area contributed by atoms with E-state index < -0.39 is 20.3 Å². The van der Waals surface area contributed by atoms with Gasteiger partial charge in [0.05, 0.1) is 0 Å². The first-order chi connectivity index (χ1) is 14.6. The second-order valence-corrected chi connectivity index (χ2v) is 10.1. The van der Waals surface area contributed by atoms with E-state index in [1.807, 2.05) is 19.9 Å². The molecule has 0 aromatic heterocycles. The van der Waals surface area contributed by atoms with Crippen molar-refractivity contribution in [3.63, 3.8) is 0 Å². The van der Waals surface area contributed by atoms with Crippen LogP contribution in [0.3, 0.4) is 0 Å². The van der Waals surface area contributed by atoms with Gasteiger partial charge in [0.1, 0.15) is 0 Å². The average Bonchev–Trinajstić information content (AvgIpc) is 3.22. The molecular formula is C21H34FN4O4P. The van der Waals surface area contributed by atoms with Gasteiger partial charge in [-0.25, -0.2) is 4.57 Å². The monoisotopic (exact) mass is 456 g/mol. The van der Waals surface area contributed by atoms with Crippen molar-refractivity contribution in [2.45, 2.75) is 45.9 Å². The summed E-state index contributed by atoms with van der Waals surface area (Å²) in [6.45, 7) is 14.3. The maximum Gasteiger partial charge on any atom is 0.481 e. The van der Waals surface area contributed by atoms with Gasteiger partial charge in [-0.3, -0.25) is 18.6 Å². The quantitative estimate of drug-likeness (QED) is 0.170. The summed E-state index contributed by atoms with van der Waals surface area (Å²) in [5, 5.41) is 0.329. The number of phosphoric ester groups is 1. The fourth-order valence-electron chi connectivity index (χ4n) is 4.37. The van der Waals surface area contributed by atoms with Crippen molar-refractivity contribution < 1.29 is 22.6 Å². The van der Waals surface area contributed by atoms with Crippen LogP contribution in [0.15, 0.2) is 40.7 Å². The topological polar surface area (TPSA) is 66.8 Å². The normalized spacial score (nSPS) is 28.1. The van der Waals surface area contributed by atoms with Crippen LogP contribution in [0.1, 0.15) is 34.1 Å². The number of halogens is 1. The van der Waals surface area contributed by atoms with Crippen LogP contribution in [0.2, 0.25) is 0 Å². The Bertz CT molecular complexity index is 816. The van der Waals surface area contributed by atoms with E-state index in [9.17, 15) is 9.05 Å². The van der Waals surface area contributed by atoms with Crippen molar-refractivity contribution in [2.24, 2.45) is 10.9 Å². The molecule has 10 heteroatoms. The number of nitrogens with zero attached hydrogens (tertiary/aromatic N) is 4. The number of fused-ring (bicyclic) bond motifs is 1. The predicted molar refractivity (Wildman–Crippen MR) is 119 cm³/mol. The first-order valence-corrected chi connectivity index (χ1v) is 12.1. The summed E-state index contributed by atoms with van der Waals surface area (Å²) in [4.78, 5) is 8.91. The van der Waals surface area contributed by atoms with Gasteiger partial charge >= 0.3 is 7.82 Å². The molecular weight excluding hydrogens is 422 g/mol. The SMILES string of the molecule is C=C(C(=C\N(F)COP1(=O)OC(C)(C)O1)/C(/C=N\CC)=C/C)N1CC[C@@H]2CN(C)C[C@@H]21. The highest BCUT2D eigenvalue weighted by molar-refractivity contribution is 7.49. The maximum atomic E-state index is 14.8. The third-order valence-electron chi connectivity index (χ3n) is 5.69. The van der Waals surface area contributed by atoms with Crippen LogP contribution < -0.4 is 0 Å². The lowest BCUT2D eigenvalue weighted by molar-refractivity contribution is -0.202. The Balaban J connectivity index is 1.76. The van der Waals surface area contributed by atoms with Crippen LogP contribution in [-0.2, 0) is 18.1 Å². The number of aliphatic imine (C=N–C) groups is 1. The molecule has 3 fully saturated rings. The van der Waals surface area contributed by atoms with Crippen molar-refractivity contribution >= 4 is 14.0 Å². The first kappa shape index (κ1) is 24.1. The molecule has 0 aliphatic carbocycles. The third kappa shape index (κ3) is 5.65. The zero-order valence-electron chi connectivity index (χ0n) is 19.1. The van der Waals surface area contributed by atoms with Crippen LogP contribution >= 0.6 is 7.82 Å². The molecule has 3 rings (SSSR count). The highest BCUT2D eigenvalue weighted by Gasteiger charge is 2.51. The molecule has 2 atom stereocenters. The second-order valence-electron chi connectivity index (χ2n) is 8.58. The summed E-state index contributed by atoms with van der Waals surface area (Å²) in [6, 6.07) is 0.362. The van der Waals surface area contributed by atoms with Crippen LogP contribution in [0, 0.1) is 5.92 Å². The molecule has 31 heavy (non-hydrogen) atoms. The predicted octanol–water partition coefficient (Wildman–Crippen LogP) is 4.11. The minimum absolute atomic E-state index is 0.329. The van der Waals surface area contributed by atoms with E-state index in [-0.39, 0.29) is 0 Å². The average molecular weight is 456 g/mol. The third-order valence-corrected chi connectivity index (χ3v) is 7.45. The number of likely N-dealkylation sites (tertiary alicyclic amines) is 2. The Hall–Kier alpha value is -1.51. The highest BCUT2D eigenvalue weighted by atomic mass is 31.2. The number of likely N-dealkylation sites (N-methyl/N-ethyl adjacent to an activating group) is 1. The van der Waals surface area contributed by atoms with E-state index in [0.29, 0.717) is 29.2 Å². The van der Waals surface area contributed by atoms with Crippen molar-refractivity contribution in [3.05, 3.63) is 35.7 Å². The van der Waals surface area contributed by atoms with Gasteiger partial charge in [0.15, 0.2) is 12.5 Å². The largest absolute Gasteiger partial charge is 0.481 e. The van der Waals surface area contributed by atoms with Gasteiger partial charge in [-0.2, -0.15) is 5.12 Å². The summed E-state index contributed by atoms with van der Waals surface area (Å²) >= 11 is 0. The smallest absolute Gasteiger partial charge is 0.367 e. The number of hydrogen-bond donors (Lipinski definition) is 0. The summed E-state index contributed by atoms with van der Waals surface area (Å²) in [6.07, 6.45) is 6.00. The van der Waals surface area contributed by atoms with Gasteiger partial charge in [0.2, 0.25) is 0 Å². The summed E-state index contributed by atoms with van der Waals surface area (Å²) < 4.78 is 42.2. The van der Waals surface area contributed by atoms with E-state index >= 15 is 0 Å². The molecule has 0 amide bonds. The van der Waals surface area contributed by atoms with Crippen molar-refractivity contribution in [1.29, 1.82) is 0 Å². The fraction of sp³-hybridized carbons (Fsp3) is 0.667. The van der Waals surface area contributed by atoms with Crippen molar-refractivity contribution in [3.8, 4) is 0 Å². The Morgan fingerprint density at radius 2 is 2.13 bits per heavy atom. The molecule has 3 saturated heterocycles. The molecule has 0 unspecified atom stereocenters. The number of phosphoric acid groups is 1. The van der Waals surface area contributed by atoms with Gasteiger partial charge in [0.25, 0.3) is 0 Å². The Labute approximate surface area is 184 Å². The molecule has 0 N–H and O–H groups in total. The second kappa shape index (κ2) is 9.55. The number of hydrogen-bond acceptors (Lipinski definition) is 8. The molecule has 0 radical (unpaired) electrons.